The van der Waals surface area contributed by atoms with Gasteiger partial charge in [-0.05, 0) is 34.1 Å². The molecule has 0 fully saturated rings. The molecule has 0 atom stereocenters. The van der Waals surface area contributed by atoms with Gasteiger partial charge in [-0.25, -0.2) is 4.39 Å². The standard InChI is InChI=1S/C11H13BrFNO4/c12-8-2-1-7(3-9(8)13)10(18)14-11(4-15,5-16)6-17/h1-3,15-17H,4-6H2,(H,14,18). The second-order valence-corrected chi connectivity index (χ2v) is 4.69. The Morgan fingerprint density at radius 1 is 1.28 bits per heavy atom. The molecule has 0 radical (unpaired) electrons. The largest absolute Gasteiger partial charge is 0.394 e. The Bertz CT molecular complexity index is 429. The molecule has 7 heteroatoms. The number of carbonyl (C=O) groups is 1. The van der Waals surface area contributed by atoms with Crippen LogP contribution in [0.3, 0.4) is 0 Å². The first-order valence-corrected chi connectivity index (χ1v) is 5.87. The first-order valence-electron chi connectivity index (χ1n) is 5.08. The molecule has 0 spiro atoms. The van der Waals surface area contributed by atoms with Crippen LogP contribution >= 0.6 is 15.9 Å². The van der Waals surface area contributed by atoms with E-state index in [0.717, 1.165) is 6.07 Å². The van der Waals surface area contributed by atoms with E-state index >= 15 is 0 Å². The van der Waals surface area contributed by atoms with E-state index in [9.17, 15) is 9.18 Å². The number of carbonyl (C=O) groups excluding carboxylic acids is 1. The number of aliphatic hydroxyl groups is 3. The maximum Gasteiger partial charge on any atom is 0.252 e. The van der Waals surface area contributed by atoms with E-state index in [1.165, 1.54) is 12.1 Å². The lowest BCUT2D eigenvalue weighted by Crippen LogP contribution is -2.57. The monoisotopic (exact) mass is 321 g/mol. The Morgan fingerprint density at radius 2 is 1.83 bits per heavy atom. The number of amides is 1. The third-order valence-corrected chi connectivity index (χ3v) is 3.11. The van der Waals surface area contributed by atoms with Crippen molar-refractivity contribution in [1.82, 2.24) is 5.32 Å². The molecule has 1 aromatic rings. The van der Waals surface area contributed by atoms with Crippen molar-refractivity contribution in [1.29, 1.82) is 0 Å². The van der Waals surface area contributed by atoms with Gasteiger partial charge in [0.25, 0.3) is 5.91 Å². The lowest BCUT2D eigenvalue weighted by atomic mass is 10.0. The molecular formula is C11H13BrFNO4. The highest BCUT2D eigenvalue weighted by Crippen LogP contribution is 2.16. The first-order chi connectivity index (χ1) is 8.48. The van der Waals surface area contributed by atoms with Crippen LogP contribution in [-0.4, -0.2) is 46.6 Å². The quantitative estimate of drug-likeness (QED) is 0.616. The van der Waals surface area contributed by atoms with Gasteiger partial charge in [0.05, 0.1) is 24.3 Å². The third kappa shape index (κ3) is 3.26. The SMILES string of the molecule is O=C(NC(CO)(CO)CO)c1ccc(Br)c(F)c1. The highest BCUT2D eigenvalue weighted by molar-refractivity contribution is 9.10. The minimum absolute atomic E-state index is 0.0235. The lowest BCUT2D eigenvalue weighted by molar-refractivity contribution is 0.0375. The maximum absolute atomic E-state index is 13.2. The smallest absolute Gasteiger partial charge is 0.252 e. The lowest BCUT2D eigenvalue weighted by Gasteiger charge is -2.28. The van der Waals surface area contributed by atoms with E-state index in [-0.39, 0.29) is 10.0 Å². The van der Waals surface area contributed by atoms with Crippen molar-refractivity contribution < 1.29 is 24.5 Å². The Kier molecular flexibility index (Phi) is 5.21. The van der Waals surface area contributed by atoms with Gasteiger partial charge in [-0.3, -0.25) is 4.79 Å². The summed E-state index contributed by atoms with van der Waals surface area (Å²) in [6.45, 7) is -1.90. The molecule has 0 aromatic heterocycles. The van der Waals surface area contributed by atoms with Crippen LogP contribution in [0.4, 0.5) is 4.39 Å². The summed E-state index contributed by atoms with van der Waals surface area (Å²) >= 11 is 2.95. The summed E-state index contributed by atoms with van der Waals surface area (Å²) in [5.41, 5.74) is -1.50. The zero-order valence-corrected chi connectivity index (χ0v) is 10.9. The Hall–Kier alpha value is -1.02. The van der Waals surface area contributed by atoms with Crippen LogP contribution in [0.2, 0.25) is 0 Å². The van der Waals surface area contributed by atoms with E-state index in [4.69, 9.17) is 15.3 Å². The van der Waals surface area contributed by atoms with Crippen molar-refractivity contribution >= 4 is 21.8 Å². The summed E-state index contributed by atoms with van der Waals surface area (Å²) in [7, 11) is 0. The van der Waals surface area contributed by atoms with Gasteiger partial charge in [-0.1, -0.05) is 0 Å². The van der Waals surface area contributed by atoms with Gasteiger partial charge in [0, 0.05) is 5.56 Å². The minimum atomic E-state index is -1.53. The predicted octanol–water partition coefficient (Wildman–Crippen LogP) is 0.0337. The molecule has 1 rings (SSSR count). The number of halogens is 2. The summed E-state index contributed by atoms with van der Waals surface area (Å²) in [5.74, 6) is -1.30. The number of rotatable bonds is 5. The molecular weight excluding hydrogens is 309 g/mol. The molecule has 4 N–H and O–H groups in total. The summed E-state index contributed by atoms with van der Waals surface area (Å²) in [6.07, 6.45) is 0. The van der Waals surface area contributed by atoms with Crippen LogP contribution in [0.5, 0.6) is 0 Å². The van der Waals surface area contributed by atoms with Gasteiger partial charge in [0.2, 0.25) is 0 Å². The number of hydrogen-bond acceptors (Lipinski definition) is 4. The van der Waals surface area contributed by atoms with E-state index in [2.05, 4.69) is 21.2 Å². The average molecular weight is 322 g/mol. The van der Waals surface area contributed by atoms with Crippen molar-refractivity contribution in [3.8, 4) is 0 Å². The van der Waals surface area contributed by atoms with Gasteiger partial charge >= 0.3 is 0 Å². The fourth-order valence-corrected chi connectivity index (χ4v) is 1.47. The number of benzene rings is 1. The van der Waals surface area contributed by atoms with Gasteiger partial charge in [-0.2, -0.15) is 0 Å². The molecule has 0 saturated carbocycles. The van der Waals surface area contributed by atoms with Crippen molar-refractivity contribution in [2.45, 2.75) is 5.54 Å². The van der Waals surface area contributed by atoms with E-state index in [1.54, 1.807) is 0 Å². The second-order valence-electron chi connectivity index (χ2n) is 3.84. The van der Waals surface area contributed by atoms with Crippen molar-refractivity contribution in [3.05, 3.63) is 34.1 Å². The van der Waals surface area contributed by atoms with Gasteiger partial charge in [0.1, 0.15) is 11.4 Å². The highest BCUT2D eigenvalue weighted by atomic mass is 79.9. The van der Waals surface area contributed by atoms with Crippen LogP contribution in [-0.2, 0) is 0 Å². The third-order valence-electron chi connectivity index (χ3n) is 2.47. The fraction of sp³-hybridized carbons (Fsp3) is 0.364. The summed E-state index contributed by atoms with van der Waals surface area (Å²) in [4.78, 5) is 11.8. The van der Waals surface area contributed by atoms with Gasteiger partial charge in [-0.15, -0.1) is 0 Å². The molecule has 0 aliphatic heterocycles. The zero-order valence-electron chi connectivity index (χ0n) is 9.36. The number of aliphatic hydroxyl groups excluding tert-OH is 3. The van der Waals surface area contributed by atoms with E-state index < -0.39 is 37.1 Å². The summed E-state index contributed by atoms with van der Waals surface area (Å²) in [6, 6.07) is 3.75. The van der Waals surface area contributed by atoms with E-state index in [1.807, 2.05) is 0 Å². The molecule has 1 aromatic carbocycles. The maximum atomic E-state index is 13.2. The molecule has 1 amide bonds. The topological polar surface area (TPSA) is 89.8 Å². The van der Waals surface area contributed by atoms with E-state index in [0.29, 0.717) is 0 Å². The van der Waals surface area contributed by atoms with Crippen LogP contribution in [0.15, 0.2) is 22.7 Å². The Labute approximate surface area is 111 Å². The Morgan fingerprint density at radius 3 is 2.28 bits per heavy atom. The average Bonchev–Trinajstić information content (AvgIpc) is 2.39. The molecule has 5 nitrogen and oxygen atoms in total. The van der Waals surface area contributed by atoms with Crippen molar-refractivity contribution in [2.24, 2.45) is 0 Å². The normalized spacial score (nSPS) is 11.4. The molecule has 0 aliphatic rings. The second kappa shape index (κ2) is 6.24. The van der Waals surface area contributed by atoms with Crippen LogP contribution in [0.25, 0.3) is 0 Å². The molecule has 0 bridgehead atoms. The predicted molar refractivity (Wildman–Crippen MR) is 65.6 cm³/mol. The molecule has 0 heterocycles. The van der Waals surface area contributed by atoms with Crippen LogP contribution < -0.4 is 5.32 Å². The summed E-state index contributed by atoms with van der Waals surface area (Å²) < 4.78 is 13.5. The number of hydrogen-bond donors (Lipinski definition) is 4. The first kappa shape index (κ1) is 15.0. The van der Waals surface area contributed by atoms with Crippen molar-refractivity contribution in [3.63, 3.8) is 0 Å². The van der Waals surface area contributed by atoms with Crippen LogP contribution in [0.1, 0.15) is 10.4 Å². The van der Waals surface area contributed by atoms with Crippen LogP contribution in [0, 0.1) is 5.82 Å². The summed E-state index contributed by atoms with van der Waals surface area (Å²) in [5, 5.41) is 29.4. The zero-order chi connectivity index (χ0) is 13.8. The molecule has 0 unspecified atom stereocenters. The fourth-order valence-electron chi connectivity index (χ4n) is 1.22. The highest BCUT2D eigenvalue weighted by Gasteiger charge is 2.30. The molecule has 100 valence electrons. The molecule has 18 heavy (non-hydrogen) atoms. The minimum Gasteiger partial charge on any atom is -0.394 e. The Balaban J connectivity index is 2.90. The number of nitrogens with one attached hydrogen (secondary N) is 1. The van der Waals surface area contributed by atoms with Gasteiger partial charge < -0.3 is 20.6 Å². The van der Waals surface area contributed by atoms with Gasteiger partial charge in [0.15, 0.2) is 0 Å². The van der Waals surface area contributed by atoms with Crippen molar-refractivity contribution in [2.75, 3.05) is 19.8 Å². The molecule has 0 aliphatic carbocycles. The molecule has 0 saturated heterocycles.